The van der Waals surface area contributed by atoms with E-state index in [0.29, 0.717) is 5.92 Å². The van der Waals surface area contributed by atoms with Crippen molar-refractivity contribution >= 4 is 21.6 Å². The van der Waals surface area contributed by atoms with Crippen LogP contribution in [0, 0.1) is 0 Å². The Hall–Kier alpha value is -0.900. The highest BCUT2D eigenvalue weighted by Crippen LogP contribution is 2.28. The zero-order chi connectivity index (χ0) is 11.0. The molecule has 0 spiro atoms. The summed E-state index contributed by atoms with van der Waals surface area (Å²) in [5.41, 5.74) is 3.58. The van der Waals surface area contributed by atoms with Gasteiger partial charge in [-0.2, -0.15) is 5.10 Å². The lowest BCUT2D eigenvalue weighted by atomic mass is 9.98. The molecule has 0 saturated heterocycles. The molecule has 0 radical (unpaired) electrons. The maximum absolute atomic E-state index is 4.22. The van der Waals surface area contributed by atoms with Gasteiger partial charge >= 0.3 is 0 Å². The van der Waals surface area contributed by atoms with Gasteiger partial charge in [-0.3, -0.25) is 0 Å². The highest BCUT2D eigenvalue weighted by atomic mass is 79.9. The Kier molecular flexibility index (Phi) is 2.78. The lowest BCUT2D eigenvalue weighted by Crippen LogP contribution is -2.02. The van der Waals surface area contributed by atoms with Gasteiger partial charge in [0.2, 0.25) is 0 Å². The summed E-state index contributed by atoms with van der Waals surface area (Å²) in [6.45, 7) is 6.57. The van der Waals surface area contributed by atoms with E-state index in [4.69, 9.17) is 0 Å². The fraction of sp³-hybridized carbons (Fsp3) is 0.455. The average molecular weight is 268 g/mol. The third kappa shape index (κ3) is 1.67. The van der Waals surface area contributed by atoms with Gasteiger partial charge in [0.25, 0.3) is 0 Å². The number of pyridine rings is 1. The van der Waals surface area contributed by atoms with Gasteiger partial charge in [-0.05, 0) is 45.5 Å². The summed E-state index contributed by atoms with van der Waals surface area (Å²) >= 11 is 3.60. The number of halogens is 1. The van der Waals surface area contributed by atoms with Crippen LogP contribution < -0.4 is 0 Å². The summed E-state index contributed by atoms with van der Waals surface area (Å²) in [6.07, 6.45) is 2.59. The second kappa shape index (κ2) is 3.93. The molecule has 0 atom stereocenters. The Labute approximate surface area is 97.6 Å². The molecule has 2 aromatic rings. The predicted octanol–water partition coefficient (Wildman–Crippen LogP) is 3.18. The molecule has 0 bridgehead atoms. The molecule has 80 valence electrons. The van der Waals surface area contributed by atoms with E-state index in [1.54, 1.807) is 6.33 Å². The number of rotatable bonds is 2. The van der Waals surface area contributed by atoms with Crippen LogP contribution >= 0.6 is 15.9 Å². The van der Waals surface area contributed by atoms with Crippen LogP contribution in [-0.2, 0) is 6.42 Å². The highest BCUT2D eigenvalue weighted by Gasteiger charge is 2.13. The molecule has 0 aliphatic rings. The highest BCUT2D eigenvalue weighted by molar-refractivity contribution is 9.10. The maximum Gasteiger partial charge on any atom is 0.156 e. The van der Waals surface area contributed by atoms with E-state index in [9.17, 15) is 0 Å². The standard InChI is InChI=1S/C11H14BrN3/c1-4-8-9(7(2)3)5-10-13-6-14-15(10)11(8)12/h5-7H,4H2,1-3H3. The summed E-state index contributed by atoms with van der Waals surface area (Å²) in [7, 11) is 0. The van der Waals surface area contributed by atoms with Gasteiger partial charge in [-0.1, -0.05) is 20.8 Å². The smallest absolute Gasteiger partial charge is 0.156 e. The molecular weight excluding hydrogens is 254 g/mol. The lowest BCUT2D eigenvalue weighted by molar-refractivity contribution is 0.816. The number of fused-ring (bicyclic) bond motifs is 1. The third-order valence-corrected chi connectivity index (χ3v) is 3.43. The Morgan fingerprint density at radius 1 is 1.47 bits per heavy atom. The second-order valence-corrected chi connectivity index (χ2v) is 4.66. The molecule has 2 aromatic heterocycles. The summed E-state index contributed by atoms with van der Waals surface area (Å²) in [5, 5.41) is 4.19. The summed E-state index contributed by atoms with van der Waals surface area (Å²) < 4.78 is 2.87. The number of nitrogens with zero attached hydrogens (tertiary/aromatic N) is 3. The van der Waals surface area contributed by atoms with Crippen LogP contribution in [0.4, 0.5) is 0 Å². The van der Waals surface area contributed by atoms with E-state index in [2.05, 4.69) is 52.9 Å². The first-order chi connectivity index (χ1) is 7.15. The number of hydrogen-bond acceptors (Lipinski definition) is 2. The molecule has 3 nitrogen and oxygen atoms in total. The van der Waals surface area contributed by atoms with Crippen molar-refractivity contribution < 1.29 is 0 Å². The van der Waals surface area contributed by atoms with Crippen LogP contribution in [0.5, 0.6) is 0 Å². The minimum Gasteiger partial charge on any atom is -0.215 e. The summed E-state index contributed by atoms with van der Waals surface area (Å²) in [4.78, 5) is 4.22. The fourth-order valence-electron chi connectivity index (χ4n) is 1.84. The average Bonchev–Trinajstić information content (AvgIpc) is 2.65. The van der Waals surface area contributed by atoms with Gasteiger partial charge in [0.1, 0.15) is 10.9 Å². The van der Waals surface area contributed by atoms with Crippen LogP contribution in [0.15, 0.2) is 17.0 Å². The topological polar surface area (TPSA) is 30.2 Å². The molecule has 2 rings (SSSR count). The van der Waals surface area contributed by atoms with Gasteiger partial charge in [0, 0.05) is 0 Å². The molecule has 2 heterocycles. The van der Waals surface area contributed by atoms with Gasteiger partial charge in [-0.15, -0.1) is 0 Å². The van der Waals surface area contributed by atoms with Crippen LogP contribution in [0.2, 0.25) is 0 Å². The van der Waals surface area contributed by atoms with Crippen molar-refractivity contribution in [3.05, 3.63) is 28.1 Å². The van der Waals surface area contributed by atoms with Gasteiger partial charge in [0.05, 0.1) is 0 Å². The largest absolute Gasteiger partial charge is 0.215 e. The lowest BCUT2D eigenvalue weighted by Gasteiger charge is -2.13. The van der Waals surface area contributed by atoms with E-state index in [0.717, 1.165) is 16.7 Å². The minimum atomic E-state index is 0.512. The van der Waals surface area contributed by atoms with Crippen LogP contribution in [0.1, 0.15) is 37.8 Å². The molecule has 0 unspecified atom stereocenters. The summed E-state index contributed by atoms with van der Waals surface area (Å²) in [5.74, 6) is 0.512. The van der Waals surface area contributed by atoms with Crippen molar-refractivity contribution in [3.8, 4) is 0 Å². The molecule has 0 N–H and O–H groups in total. The first-order valence-corrected chi connectivity index (χ1v) is 5.95. The van der Waals surface area contributed by atoms with Gasteiger partial charge in [0.15, 0.2) is 5.65 Å². The third-order valence-electron chi connectivity index (χ3n) is 2.62. The van der Waals surface area contributed by atoms with Crippen molar-refractivity contribution in [3.63, 3.8) is 0 Å². The molecule has 0 amide bonds. The zero-order valence-electron chi connectivity index (χ0n) is 9.16. The van der Waals surface area contributed by atoms with E-state index in [1.807, 2.05) is 4.52 Å². The predicted molar refractivity (Wildman–Crippen MR) is 64.2 cm³/mol. The van der Waals surface area contributed by atoms with E-state index in [1.165, 1.54) is 11.1 Å². The van der Waals surface area contributed by atoms with Crippen molar-refractivity contribution in [1.29, 1.82) is 0 Å². The molecule has 0 aromatic carbocycles. The Balaban J connectivity index is 2.78. The first kappa shape index (κ1) is 10.6. The molecule has 0 saturated carbocycles. The monoisotopic (exact) mass is 267 g/mol. The van der Waals surface area contributed by atoms with Crippen molar-refractivity contribution in [2.45, 2.75) is 33.1 Å². The molecule has 0 aliphatic heterocycles. The van der Waals surface area contributed by atoms with Crippen LogP contribution in [0.3, 0.4) is 0 Å². The molecule has 4 heteroatoms. The Morgan fingerprint density at radius 3 is 2.80 bits per heavy atom. The molecule has 15 heavy (non-hydrogen) atoms. The first-order valence-electron chi connectivity index (χ1n) is 5.16. The van der Waals surface area contributed by atoms with Gasteiger partial charge < -0.3 is 0 Å². The Morgan fingerprint density at radius 2 is 2.20 bits per heavy atom. The van der Waals surface area contributed by atoms with Crippen molar-refractivity contribution in [2.75, 3.05) is 0 Å². The van der Waals surface area contributed by atoms with Crippen LogP contribution in [-0.4, -0.2) is 14.6 Å². The van der Waals surface area contributed by atoms with Crippen molar-refractivity contribution in [1.82, 2.24) is 14.6 Å². The summed E-state index contributed by atoms with van der Waals surface area (Å²) in [6, 6.07) is 2.13. The van der Waals surface area contributed by atoms with Crippen molar-refractivity contribution in [2.24, 2.45) is 0 Å². The SMILES string of the molecule is CCc1c(C(C)C)cc2ncnn2c1Br. The molecule has 0 fully saturated rings. The van der Waals surface area contributed by atoms with Gasteiger partial charge in [-0.25, -0.2) is 9.50 Å². The minimum absolute atomic E-state index is 0.512. The van der Waals surface area contributed by atoms with E-state index in [-0.39, 0.29) is 0 Å². The fourth-order valence-corrected chi connectivity index (χ4v) is 2.62. The normalized spacial score (nSPS) is 11.5. The maximum atomic E-state index is 4.22. The Bertz CT molecular complexity index is 488. The number of aromatic nitrogens is 3. The molecule has 0 aliphatic carbocycles. The van der Waals surface area contributed by atoms with E-state index >= 15 is 0 Å². The quantitative estimate of drug-likeness (QED) is 0.783. The number of hydrogen-bond donors (Lipinski definition) is 0. The van der Waals surface area contributed by atoms with Crippen LogP contribution in [0.25, 0.3) is 5.65 Å². The molecular formula is C11H14BrN3. The zero-order valence-corrected chi connectivity index (χ0v) is 10.7. The second-order valence-electron chi connectivity index (χ2n) is 3.91. The van der Waals surface area contributed by atoms with E-state index < -0.39 is 0 Å².